The van der Waals surface area contributed by atoms with E-state index in [0.29, 0.717) is 23.4 Å². The first-order valence-corrected chi connectivity index (χ1v) is 10.2. The summed E-state index contributed by atoms with van der Waals surface area (Å²) in [6.07, 6.45) is 2.63. The Balaban J connectivity index is 1.63. The van der Waals surface area contributed by atoms with Crippen molar-refractivity contribution in [2.75, 3.05) is 12.4 Å². The van der Waals surface area contributed by atoms with E-state index in [2.05, 4.69) is 22.8 Å². The maximum atomic E-state index is 12.6. The summed E-state index contributed by atoms with van der Waals surface area (Å²) in [7, 11) is 1.58. The highest BCUT2D eigenvalue weighted by atomic mass is 16.4. The molecule has 6 heteroatoms. The lowest BCUT2D eigenvalue weighted by molar-refractivity contribution is -0.119. The van der Waals surface area contributed by atoms with E-state index in [1.54, 1.807) is 44.3 Å². The molecule has 2 N–H and O–H groups in total. The largest absolute Gasteiger partial charge is 0.427 e. The fraction of sp³-hybridized carbons (Fsp3) is 0.240. The van der Waals surface area contributed by atoms with E-state index in [4.69, 9.17) is 4.42 Å². The number of hydrogen-bond acceptors (Lipinski definition) is 4. The highest BCUT2D eigenvalue weighted by Crippen LogP contribution is 2.15. The third-order valence-electron chi connectivity index (χ3n) is 5.01. The van der Waals surface area contributed by atoms with Crippen LogP contribution in [0.5, 0.6) is 0 Å². The Morgan fingerprint density at radius 3 is 2.29 bits per heavy atom. The van der Waals surface area contributed by atoms with Gasteiger partial charge in [-0.3, -0.25) is 9.59 Å². The number of nitrogens with one attached hydrogen (secondary N) is 2. The van der Waals surface area contributed by atoms with Gasteiger partial charge in [-0.1, -0.05) is 42.5 Å². The van der Waals surface area contributed by atoms with Crippen molar-refractivity contribution < 1.29 is 14.0 Å². The zero-order chi connectivity index (χ0) is 22.2. The molecule has 0 radical (unpaired) electrons. The van der Waals surface area contributed by atoms with Crippen molar-refractivity contribution in [3.8, 4) is 0 Å². The number of rotatable bonds is 8. The van der Waals surface area contributed by atoms with Crippen molar-refractivity contribution in [1.82, 2.24) is 5.32 Å². The Morgan fingerprint density at radius 2 is 1.65 bits per heavy atom. The predicted octanol–water partition coefficient (Wildman–Crippen LogP) is 3.66. The van der Waals surface area contributed by atoms with Crippen LogP contribution in [-0.4, -0.2) is 18.9 Å². The zero-order valence-corrected chi connectivity index (χ0v) is 17.7. The number of aryl methyl sites for hydroxylation is 3. The van der Waals surface area contributed by atoms with Crippen LogP contribution in [0.2, 0.25) is 0 Å². The number of benzene rings is 2. The first-order chi connectivity index (χ1) is 15.0. The van der Waals surface area contributed by atoms with E-state index in [0.717, 1.165) is 18.4 Å². The van der Waals surface area contributed by atoms with Crippen molar-refractivity contribution in [2.24, 2.45) is 0 Å². The second-order valence-corrected chi connectivity index (χ2v) is 7.40. The van der Waals surface area contributed by atoms with E-state index >= 15 is 0 Å². The molecule has 0 bridgehead atoms. The molecule has 0 aliphatic heterocycles. The first kappa shape index (κ1) is 22.0. The molecule has 6 nitrogen and oxygen atoms in total. The van der Waals surface area contributed by atoms with Crippen LogP contribution >= 0.6 is 0 Å². The predicted molar refractivity (Wildman–Crippen MR) is 120 cm³/mol. The van der Waals surface area contributed by atoms with Gasteiger partial charge in [-0.15, -0.1) is 0 Å². The van der Waals surface area contributed by atoms with Crippen LogP contribution in [0.15, 0.2) is 69.9 Å². The summed E-state index contributed by atoms with van der Waals surface area (Å²) in [5.41, 5.74) is 2.55. The molecular formula is C25H26N2O4. The summed E-state index contributed by atoms with van der Waals surface area (Å²) in [6.45, 7) is 1.74. The summed E-state index contributed by atoms with van der Waals surface area (Å²) >= 11 is 0. The normalized spacial score (nSPS) is 10.5. The monoisotopic (exact) mass is 418 g/mol. The minimum atomic E-state index is -0.636. The quantitative estimate of drug-likeness (QED) is 0.584. The maximum Gasteiger partial charge on any atom is 0.349 e. The van der Waals surface area contributed by atoms with Gasteiger partial charge in [0.05, 0.1) is 6.42 Å². The molecule has 1 aromatic heterocycles. The molecule has 0 atom stereocenters. The van der Waals surface area contributed by atoms with Gasteiger partial charge in [-0.05, 0) is 54.7 Å². The van der Waals surface area contributed by atoms with Gasteiger partial charge in [0, 0.05) is 19.2 Å². The van der Waals surface area contributed by atoms with Gasteiger partial charge in [0.15, 0.2) is 0 Å². The number of carbonyl (C=O) groups is 2. The molecule has 0 saturated heterocycles. The van der Waals surface area contributed by atoms with E-state index in [9.17, 15) is 14.4 Å². The lowest BCUT2D eigenvalue weighted by atomic mass is 10.1. The molecule has 2 amide bonds. The van der Waals surface area contributed by atoms with E-state index < -0.39 is 11.5 Å². The Morgan fingerprint density at radius 1 is 0.935 bits per heavy atom. The highest BCUT2D eigenvalue weighted by Gasteiger charge is 2.17. The van der Waals surface area contributed by atoms with Gasteiger partial charge in [0.25, 0.3) is 5.91 Å². The second-order valence-electron chi connectivity index (χ2n) is 7.40. The van der Waals surface area contributed by atoms with E-state index in [1.807, 2.05) is 18.2 Å². The second kappa shape index (κ2) is 10.4. The van der Waals surface area contributed by atoms with Crippen molar-refractivity contribution in [3.05, 3.63) is 99.1 Å². The van der Waals surface area contributed by atoms with Crippen LogP contribution in [0.4, 0.5) is 5.69 Å². The van der Waals surface area contributed by atoms with Gasteiger partial charge in [0.1, 0.15) is 11.3 Å². The summed E-state index contributed by atoms with van der Waals surface area (Å²) < 4.78 is 5.40. The third-order valence-corrected chi connectivity index (χ3v) is 5.01. The van der Waals surface area contributed by atoms with Crippen molar-refractivity contribution >= 4 is 17.5 Å². The standard InChI is InChI=1S/C25H26N2O4/c1-17-15-21(10-6-9-18-7-4-3-5-8-18)31-25(30)23(17)24(29)27-20-13-11-19(12-14-20)16-22(28)26-2/h3-5,7-8,11-15H,6,9-10,16H2,1-2H3,(H,26,28)(H,27,29). The number of hydrogen-bond donors (Lipinski definition) is 2. The van der Waals surface area contributed by atoms with Crippen molar-refractivity contribution in [3.63, 3.8) is 0 Å². The molecule has 0 spiro atoms. The average molecular weight is 418 g/mol. The summed E-state index contributed by atoms with van der Waals surface area (Å²) in [5, 5.41) is 5.28. The fourth-order valence-corrected chi connectivity index (χ4v) is 3.35. The number of anilines is 1. The van der Waals surface area contributed by atoms with Crippen LogP contribution in [0, 0.1) is 6.92 Å². The average Bonchev–Trinajstić information content (AvgIpc) is 2.75. The SMILES string of the molecule is CNC(=O)Cc1ccc(NC(=O)c2c(C)cc(CCCc3ccccc3)oc2=O)cc1. The zero-order valence-electron chi connectivity index (χ0n) is 17.7. The third kappa shape index (κ3) is 6.15. The van der Waals surface area contributed by atoms with Gasteiger partial charge < -0.3 is 15.1 Å². The molecule has 2 aromatic carbocycles. The minimum Gasteiger partial charge on any atom is -0.427 e. The lowest BCUT2D eigenvalue weighted by Gasteiger charge is -2.09. The molecule has 1 heterocycles. The molecule has 3 aromatic rings. The van der Waals surface area contributed by atoms with Crippen LogP contribution in [0.25, 0.3) is 0 Å². The molecule has 0 aliphatic rings. The number of likely N-dealkylation sites (N-methyl/N-ethyl adjacent to an activating group) is 1. The highest BCUT2D eigenvalue weighted by molar-refractivity contribution is 6.04. The molecule has 0 saturated carbocycles. The summed E-state index contributed by atoms with van der Waals surface area (Å²) in [5.74, 6) is -0.0245. The smallest absolute Gasteiger partial charge is 0.349 e. The summed E-state index contributed by atoms with van der Waals surface area (Å²) in [6, 6.07) is 18.8. The van der Waals surface area contributed by atoms with Gasteiger partial charge in [-0.2, -0.15) is 0 Å². The topological polar surface area (TPSA) is 88.4 Å². The Bertz CT molecular complexity index is 1100. The Hall–Kier alpha value is -3.67. The Kier molecular flexibility index (Phi) is 7.38. The lowest BCUT2D eigenvalue weighted by Crippen LogP contribution is -2.23. The molecule has 0 fully saturated rings. The minimum absolute atomic E-state index is 0.00115. The number of amides is 2. The van der Waals surface area contributed by atoms with Crippen LogP contribution in [0.3, 0.4) is 0 Å². The maximum absolute atomic E-state index is 12.6. The van der Waals surface area contributed by atoms with Crippen molar-refractivity contribution in [1.29, 1.82) is 0 Å². The number of carbonyl (C=O) groups excluding carboxylic acids is 2. The molecule has 31 heavy (non-hydrogen) atoms. The fourth-order valence-electron chi connectivity index (χ4n) is 3.35. The molecular weight excluding hydrogens is 392 g/mol. The molecule has 0 aliphatic carbocycles. The van der Waals surface area contributed by atoms with E-state index in [1.165, 1.54) is 5.56 Å². The van der Waals surface area contributed by atoms with E-state index in [-0.39, 0.29) is 17.9 Å². The summed E-state index contributed by atoms with van der Waals surface area (Å²) in [4.78, 5) is 36.5. The van der Waals surface area contributed by atoms with Crippen LogP contribution in [-0.2, 0) is 24.1 Å². The molecule has 0 unspecified atom stereocenters. The van der Waals surface area contributed by atoms with Crippen LogP contribution < -0.4 is 16.3 Å². The van der Waals surface area contributed by atoms with Gasteiger partial charge in [0.2, 0.25) is 5.91 Å². The first-order valence-electron chi connectivity index (χ1n) is 10.2. The molecule has 160 valence electrons. The van der Waals surface area contributed by atoms with Gasteiger partial charge in [-0.25, -0.2) is 4.79 Å². The molecule has 3 rings (SSSR count). The Labute approximate surface area is 181 Å². The van der Waals surface area contributed by atoms with Crippen LogP contribution in [0.1, 0.15) is 39.2 Å². The van der Waals surface area contributed by atoms with Crippen molar-refractivity contribution in [2.45, 2.75) is 32.6 Å². The van der Waals surface area contributed by atoms with Gasteiger partial charge >= 0.3 is 5.63 Å².